The minimum Gasteiger partial charge on any atom is -0.491 e. The van der Waals surface area contributed by atoms with Crippen LogP contribution in [0.2, 0.25) is 0 Å². The minimum absolute atomic E-state index is 0.0236. The molecule has 0 spiro atoms. The third-order valence-electron chi connectivity index (χ3n) is 2.40. The smallest absolute Gasteiger partial charge is 0.240 e. The molecule has 0 saturated heterocycles. The first-order valence-corrected chi connectivity index (χ1v) is 7.81. The molecule has 0 heterocycles. The largest absolute Gasteiger partial charge is 0.491 e. The summed E-state index contributed by atoms with van der Waals surface area (Å²) >= 11 is 0. The highest BCUT2D eigenvalue weighted by molar-refractivity contribution is 7.89. The molecule has 1 aromatic carbocycles. The van der Waals surface area contributed by atoms with Gasteiger partial charge in [0.2, 0.25) is 10.0 Å². The standard InChI is InChI=1S/C13H22N2O3S/c1-10(2)18-12-4-6-13(7-5-12)19(16,17)15-9-8-11(3)14/h4-7,10-11,15H,8-9,14H2,1-3H3. The second-order valence-electron chi connectivity index (χ2n) is 4.80. The van der Waals surface area contributed by atoms with Crippen LogP contribution in [0, 0.1) is 0 Å². The van der Waals surface area contributed by atoms with Crippen LogP contribution in [0.5, 0.6) is 5.75 Å². The van der Waals surface area contributed by atoms with Crippen LogP contribution in [0.3, 0.4) is 0 Å². The van der Waals surface area contributed by atoms with Crippen molar-refractivity contribution in [2.24, 2.45) is 5.73 Å². The lowest BCUT2D eigenvalue weighted by Crippen LogP contribution is -2.29. The molecule has 0 aromatic heterocycles. The van der Waals surface area contributed by atoms with Crippen LogP contribution in [0.25, 0.3) is 0 Å². The Bertz CT molecular complexity index is 481. The quantitative estimate of drug-likeness (QED) is 0.795. The molecule has 3 N–H and O–H groups in total. The normalized spacial score (nSPS) is 13.5. The summed E-state index contributed by atoms with van der Waals surface area (Å²) in [5.41, 5.74) is 5.58. The van der Waals surface area contributed by atoms with Gasteiger partial charge in [-0.3, -0.25) is 0 Å². The molecule has 0 saturated carbocycles. The molecule has 1 rings (SSSR count). The Kier molecular flexibility index (Phi) is 5.78. The van der Waals surface area contributed by atoms with E-state index in [0.717, 1.165) is 0 Å². The van der Waals surface area contributed by atoms with Gasteiger partial charge in [0.1, 0.15) is 5.75 Å². The maximum Gasteiger partial charge on any atom is 0.240 e. The number of ether oxygens (including phenoxy) is 1. The van der Waals surface area contributed by atoms with Crippen molar-refractivity contribution in [1.29, 1.82) is 0 Å². The highest BCUT2D eigenvalue weighted by Crippen LogP contribution is 2.16. The van der Waals surface area contributed by atoms with E-state index in [1.807, 2.05) is 20.8 Å². The number of sulfonamides is 1. The molecular formula is C13H22N2O3S. The van der Waals surface area contributed by atoms with Gasteiger partial charge < -0.3 is 10.5 Å². The first-order chi connectivity index (χ1) is 8.81. The Balaban J connectivity index is 2.68. The zero-order valence-electron chi connectivity index (χ0n) is 11.6. The summed E-state index contributed by atoms with van der Waals surface area (Å²) in [6.45, 7) is 6.01. The van der Waals surface area contributed by atoms with E-state index < -0.39 is 10.0 Å². The highest BCUT2D eigenvalue weighted by Gasteiger charge is 2.13. The number of benzene rings is 1. The molecule has 5 nitrogen and oxygen atoms in total. The fraction of sp³-hybridized carbons (Fsp3) is 0.538. The summed E-state index contributed by atoms with van der Waals surface area (Å²) in [5, 5.41) is 0. The fourth-order valence-corrected chi connectivity index (χ4v) is 2.52. The van der Waals surface area contributed by atoms with Crippen molar-refractivity contribution in [2.75, 3.05) is 6.54 Å². The van der Waals surface area contributed by atoms with Crippen LogP contribution in [-0.2, 0) is 10.0 Å². The molecule has 0 fully saturated rings. The van der Waals surface area contributed by atoms with Gasteiger partial charge in [-0.25, -0.2) is 13.1 Å². The lowest BCUT2D eigenvalue weighted by molar-refractivity contribution is 0.242. The number of hydrogen-bond acceptors (Lipinski definition) is 4. The molecular weight excluding hydrogens is 264 g/mol. The maximum absolute atomic E-state index is 12.0. The Morgan fingerprint density at radius 1 is 1.21 bits per heavy atom. The topological polar surface area (TPSA) is 81.4 Å². The molecule has 19 heavy (non-hydrogen) atoms. The first kappa shape index (κ1) is 15.9. The van der Waals surface area contributed by atoms with Crippen LogP contribution in [0.1, 0.15) is 27.2 Å². The molecule has 108 valence electrons. The second-order valence-corrected chi connectivity index (χ2v) is 6.57. The van der Waals surface area contributed by atoms with Crippen molar-refractivity contribution in [3.05, 3.63) is 24.3 Å². The number of hydrogen-bond donors (Lipinski definition) is 2. The summed E-state index contributed by atoms with van der Waals surface area (Å²) in [7, 11) is -3.46. The minimum atomic E-state index is -3.46. The summed E-state index contributed by atoms with van der Waals surface area (Å²) < 4.78 is 31.9. The molecule has 1 aromatic rings. The van der Waals surface area contributed by atoms with Gasteiger partial charge in [-0.2, -0.15) is 0 Å². The van der Waals surface area contributed by atoms with Crippen LogP contribution in [0.4, 0.5) is 0 Å². The van der Waals surface area contributed by atoms with Crippen LogP contribution in [0.15, 0.2) is 29.2 Å². The number of rotatable bonds is 7. The second kappa shape index (κ2) is 6.88. The van der Waals surface area contributed by atoms with Gasteiger partial charge in [-0.15, -0.1) is 0 Å². The van der Waals surface area contributed by atoms with E-state index in [0.29, 0.717) is 18.7 Å². The van der Waals surface area contributed by atoms with E-state index >= 15 is 0 Å². The van der Waals surface area contributed by atoms with Crippen molar-refractivity contribution in [3.8, 4) is 5.75 Å². The highest BCUT2D eigenvalue weighted by atomic mass is 32.2. The lowest BCUT2D eigenvalue weighted by atomic mass is 10.3. The third-order valence-corrected chi connectivity index (χ3v) is 3.87. The van der Waals surface area contributed by atoms with E-state index in [4.69, 9.17) is 10.5 Å². The average Bonchev–Trinajstić information content (AvgIpc) is 2.28. The summed E-state index contributed by atoms with van der Waals surface area (Å²) in [6.07, 6.45) is 0.667. The number of nitrogens with one attached hydrogen (secondary N) is 1. The van der Waals surface area contributed by atoms with Gasteiger partial charge in [0, 0.05) is 12.6 Å². The van der Waals surface area contributed by atoms with E-state index in [9.17, 15) is 8.42 Å². The van der Waals surface area contributed by atoms with Crippen LogP contribution < -0.4 is 15.2 Å². The monoisotopic (exact) mass is 286 g/mol. The van der Waals surface area contributed by atoms with Gasteiger partial charge in [-0.05, 0) is 51.5 Å². The van der Waals surface area contributed by atoms with Crippen molar-refractivity contribution < 1.29 is 13.2 Å². The zero-order chi connectivity index (χ0) is 14.5. The van der Waals surface area contributed by atoms with Crippen LogP contribution in [-0.4, -0.2) is 27.1 Å². The predicted molar refractivity (Wildman–Crippen MR) is 75.7 cm³/mol. The fourth-order valence-electron chi connectivity index (χ4n) is 1.47. The van der Waals surface area contributed by atoms with Crippen molar-refractivity contribution in [1.82, 2.24) is 4.72 Å². The summed E-state index contributed by atoms with van der Waals surface area (Å²) in [4.78, 5) is 0.230. The molecule has 6 heteroatoms. The Morgan fingerprint density at radius 3 is 2.26 bits per heavy atom. The molecule has 0 amide bonds. The Hall–Kier alpha value is -1.11. The van der Waals surface area contributed by atoms with E-state index in [2.05, 4.69) is 4.72 Å². The molecule has 0 aliphatic rings. The van der Waals surface area contributed by atoms with Gasteiger partial charge in [0.15, 0.2) is 0 Å². The SMILES string of the molecule is CC(N)CCNS(=O)(=O)c1ccc(OC(C)C)cc1. The van der Waals surface area contributed by atoms with E-state index in [1.165, 1.54) is 12.1 Å². The van der Waals surface area contributed by atoms with Gasteiger partial charge >= 0.3 is 0 Å². The first-order valence-electron chi connectivity index (χ1n) is 6.33. The molecule has 1 unspecified atom stereocenters. The molecule has 0 aliphatic carbocycles. The number of nitrogens with two attached hydrogens (primary N) is 1. The molecule has 0 bridgehead atoms. The maximum atomic E-state index is 12.0. The lowest BCUT2D eigenvalue weighted by Gasteiger charge is -2.11. The Labute approximate surface area is 115 Å². The molecule has 0 radical (unpaired) electrons. The van der Waals surface area contributed by atoms with Gasteiger partial charge in [0.25, 0.3) is 0 Å². The third kappa shape index (κ3) is 5.59. The zero-order valence-corrected chi connectivity index (χ0v) is 12.4. The van der Waals surface area contributed by atoms with E-state index in [1.54, 1.807) is 12.1 Å². The van der Waals surface area contributed by atoms with Gasteiger partial charge in [-0.1, -0.05) is 0 Å². The summed E-state index contributed by atoms with van der Waals surface area (Å²) in [6, 6.07) is 6.35. The predicted octanol–water partition coefficient (Wildman–Crippen LogP) is 1.49. The molecule has 1 atom stereocenters. The van der Waals surface area contributed by atoms with Crippen molar-refractivity contribution in [2.45, 2.75) is 44.2 Å². The van der Waals surface area contributed by atoms with Crippen molar-refractivity contribution >= 4 is 10.0 Å². The summed E-state index contributed by atoms with van der Waals surface area (Å²) in [5.74, 6) is 0.657. The van der Waals surface area contributed by atoms with Crippen LogP contribution >= 0.6 is 0 Å². The Morgan fingerprint density at radius 2 is 1.79 bits per heavy atom. The van der Waals surface area contributed by atoms with Crippen molar-refractivity contribution in [3.63, 3.8) is 0 Å². The molecule has 0 aliphatic heterocycles. The van der Waals surface area contributed by atoms with Gasteiger partial charge in [0.05, 0.1) is 11.0 Å². The average molecular weight is 286 g/mol. The van der Waals surface area contributed by atoms with E-state index in [-0.39, 0.29) is 17.0 Å².